The number of furan rings is 1. The van der Waals surface area contributed by atoms with Crippen LogP contribution in [0.2, 0.25) is 0 Å². The van der Waals surface area contributed by atoms with Gasteiger partial charge in [0, 0.05) is 38.1 Å². The molecule has 6 nitrogen and oxygen atoms in total. The Bertz CT molecular complexity index is 3000. The highest BCUT2D eigenvalue weighted by molar-refractivity contribution is 6.20. The lowest BCUT2D eigenvalue weighted by Crippen LogP contribution is -2.30. The zero-order valence-corrected chi connectivity index (χ0v) is 28.0. The van der Waals surface area contributed by atoms with Gasteiger partial charge in [-0.15, -0.1) is 4.68 Å². The quantitative estimate of drug-likeness (QED) is 0.177. The Hall–Kier alpha value is -6.66. The number of benzene rings is 6. The highest BCUT2D eigenvalue weighted by Gasteiger charge is 2.36. The lowest BCUT2D eigenvalue weighted by molar-refractivity contribution is -0.520. The van der Waals surface area contributed by atoms with Crippen molar-refractivity contribution in [1.29, 1.82) is 0 Å². The van der Waals surface area contributed by atoms with E-state index in [4.69, 9.17) is 19.4 Å². The molecular formula is C45H30N5O+. The smallest absolute Gasteiger partial charge is 0.286 e. The van der Waals surface area contributed by atoms with Crippen LogP contribution in [0, 0.1) is 0 Å². The molecule has 51 heavy (non-hydrogen) atoms. The van der Waals surface area contributed by atoms with E-state index in [2.05, 4.69) is 139 Å². The molecule has 0 fully saturated rings. The van der Waals surface area contributed by atoms with E-state index in [0.29, 0.717) is 17.5 Å². The highest BCUT2D eigenvalue weighted by atomic mass is 16.3. The van der Waals surface area contributed by atoms with Gasteiger partial charge in [-0.2, -0.15) is 0 Å². The van der Waals surface area contributed by atoms with Crippen molar-refractivity contribution in [2.45, 2.75) is 19.3 Å². The van der Waals surface area contributed by atoms with E-state index in [-0.39, 0.29) is 5.41 Å². The average Bonchev–Trinajstić information content (AvgIpc) is 3.77. The fraction of sp³-hybridized carbons (Fsp3) is 0.0667. The Morgan fingerprint density at radius 3 is 2.10 bits per heavy atom. The summed E-state index contributed by atoms with van der Waals surface area (Å²) in [6, 6.07) is 46.6. The molecule has 11 rings (SSSR count). The first-order chi connectivity index (χ1) is 25.0. The van der Waals surface area contributed by atoms with E-state index >= 15 is 0 Å². The number of rotatable bonds is 4. The lowest BCUT2D eigenvalue weighted by atomic mass is 9.82. The van der Waals surface area contributed by atoms with E-state index in [1.54, 1.807) is 0 Å². The van der Waals surface area contributed by atoms with Gasteiger partial charge in [0.15, 0.2) is 22.7 Å². The van der Waals surface area contributed by atoms with E-state index in [1.807, 2.05) is 30.3 Å². The molecule has 0 radical (unpaired) electrons. The van der Waals surface area contributed by atoms with Gasteiger partial charge in [0.25, 0.3) is 5.71 Å². The van der Waals surface area contributed by atoms with Crippen molar-refractivity contribution < 1.29 is 9.10 Å². The summed E-state index contributed by atoms with van der Waals surface area (Å²) in [6.07, 6.45) is 4.15. The van der Waals surface area contributed by atoms with Gasteiger partial charge >= 0.3 is 0 Å². The molecule has 0 amide bonds. The standard InChI is InChI=1S/C45H30N5O/c1-45(2)35-17-9-6-14-29(35)30-21-20-28(26-36(30)45)43-46-42(27-12-4-3-5-13-27)47-44(48-43)38-24-25-49(38)50-37-18-10-7-15-31(37)33-22-23-34-32-16-8-11-19-39(32)51-41(34)40(33)50/h3-26H,1-2H3/q+1. The van der Waals surface area contributed by atoms with Crippen LogP contribution in [0.25, 0.3) is 77.6 Å². The topological polar surface area (TPSA) is 59.8 Å². The molecule has 3 aromatic heterocycles. The van der Waals surface area contributed by atoms with Crippen molar-refractivity contribution in [1.82, 2.24) is 19.6 Å². The Morgan fingerprint density at radius 2 is 1.25 bits per heavy atom. The van der Waals surface area contributed by atoms with E-state index < -0.39 is 0 Å². The van der Waals surface area contributed by atoms with Gasteiger partial charge in [0.2, 0.25) is 12.0 Å². The van der Waals surface area contributed by atoms with Gasteiger partial charge in [-0.25, -0.2) is 15.0 Å². The Morgan fingerprint density at radius 1 is 0.569 bits per heavy atom. The normalized spacial score (nSPS) is 14.5. The number of aromatic nitrogens is 4. The molecule has 0 saturated carbocycles. The van der Waals surface area contributed by atoms with Gasteiger partial charge < -0.3 is 4.42 Å². The summed E-state index contributed by atoms with van der Waals surface area (Å²) in [6.45, 7) is 4.60. The zero-order chi connectivity index (χ0) is 33.8. The molecule has 9 aromatic rings. The molecule has 1 aliphatic carbocycles. The average molecular weight is 657 g/mol. The first kappa shape index (κ1) is 28.2. The molecule has 0 N–H and O–H groups in total. The SMILES string of the molecule is CC1(C)c2ccccc2-c2ccc(-c3nc(C4=[N+](n5c6ccccc6c6ccc7c8ccccc8oc7c65)C=C4)nc(-c4ccccc4)n3)cc21. The Balaban J connectivity index is 1.15. The summed E-state index contributed by atoms with van der Waals surface area (Å²) < 4.78 is 11.0. The molecule has 4 heterocycles. The highest BCUT2D eigenvalue weighted by Crippen LogP contribution is 2.49. The molecule has 2 aliphatic rings. The minimum Gasteiger partial charge on any atom is -0.454 e. The number of allylic oxidation sites excluding steroid dienone is 1. The second kappa shape index (κ2) is 10.2. The molecule has 240 valence electrons. The third-order valence-corrected chi connectivity index (χ3v) is 10.7. The third kappa shape index (κ3) is 3.93. The molecule has 6 aromatic carbocycles. The van der Waals surface area contributed by atoms with Gasteiger partial charge in [-0.1, -0.05) is 128 Å². The van der Waals surface area contributed by atoms with Crippen LogP contribution >= 0.6 is 0 Å². The van der Waals surface area contributed by atoms with Crippen molar-refractivity contribution in [2.24, 2.45) is 0 Å². The number of fused-ring (bicyclic) bond motifs is 10. The van der Waals surface area contributed by atoms with Crippen LogP contribution in [-0.2, 0) is 5.41 Å². The number of hydrogen-bond acceptors (Lipinski definition) is 4. The maximum absolute atomic E-state index is 6.60. The summed E-state index contributed by atoms with van der Waals surface area (Å²) in [5.41, 5.74) is 11.6. The van der Waals surface area contributed by atoms with Crippen molar-refractivity contribution in [2.75, 3.05) is 0 Å². The van der Waals surface area contributed by atoms with Crippen molar-refractivity contribution >= 4 is 49.5 Å². The van der Waals surface area contributed by atoms with Crippen LogP contribution in [0.5, 0.6) is 0 Å². The van der Waals surface area contributed by atoms with Gasteiger partial charge in [0.05, 0.1) is 6.08 Å². The van der Waals surface area contributed by atoms with Gasteiger partial charge in [-0.3, -0.25) is 0 Å². The second-order valence-corrected chi connectivity index (χ2v) is 13.9. The molecular weight excluding hydrogens is 627 g/mol. The number of nitrogens with zero attached hydrogens (tertiary/aromatic N) is 5. The number of hydrogen-bond donors (Lipinski definition) is 0. The van der Waals surface area contributed by atoms with Crippen LogP contribution < -0.4 is 0 Å². The Kier molecular flexibility index (Phi) is 5.63. The van der Waals surface area contributed by atoms with Crippen molar-refractivity contribution in [3.8, 4) is 33.9 Å². The van der Waals surface area contributed by atoms with Gasteiger partial charge in [-0.05, 0) is 46.5 Å². The number of para-hydroxylation sites is 2. The molecule has 1 aliphatic heterocycles. The first-order valence-corrected chi connectivity index (χ1v) is 17.3. The van der Waals surface area contributed by atoms with Crippen LogP contribution in [-0.4, -0.2) is 30.0 Å². The molecule has 0 atom stereocenters. The van der Waals surface area contributed by atoms with Crippen LogP contribution in [0.15, 0.2) is 150 Å². The molecule has 0 saturated heterocycles. The second-order valence-electron chi connectivity index (χ2n) is 13.9. The predicted octanol–water partition coefficient (Wildman–Crippen LogP) is 10.3. The predicted molar refractivity (Wildman–Crippen MR) is 204 cm³/mol. The lowest BCUT2D eigenvalue weighted by Gasteiger charge is -2.21. The van der Waals surface area contributed by atoms with E-state index in [0.717, 1.165) is 60.6 Å². The van der Waals surface area contributed by atoms with E-state index in [1.165, 1.54) is 22.3 Å². The Labute approximate surface area is 293 Å². The molecule has 0 unspecified atom stereocenters. The zero-order valence-electron chi connectivity index (χ0n) is 28.0. The van der Waals surface area contributed by atoms with E-state index in [9.17, 15) is 0 Å². The molecule has 0 bridgehead atoms. The summed E-state index contributed by atoms with van der Waals surface area (Å²) in [4.78, 5) is 15.4. The summed E-state index contributed by atoms with van der Waals surface area (Å²) >= 11 is 0. The minimum absolute atomic E-state index is 0.138. The summed E-state index contributed by atoms with van der Waals surface area (Å²) in [5.74, 6) is 1.88. The third-order valence-electron chi connectivity index (χ3n) is 10.7. The summed E-state index contributed by atoms with van der Waals surface area (Å²) in [5, 5.41) is 4.46. The van der Waals surface area contributed by atoms with Crippen molar-refractivity contribution in [3.63, 3.8) is 0 Å². The minimum atomic E-state index is -0.138. The van der Waals surface area contributed by atoms with Crippen molar-refractivity contribution in [3.05, 3.63) is 163 Å². The maximum Gasteiger partial charge on any atom is 0.286 e. The monoisotopic (exact) mass is 656 g/mol. The molecule has 6 heteroatoms. The fourth-order valence-corrected chi connectivity index (χ4v) is 8.18. The largest absolute Gasteiger partial charge is 0.454 e. The fourth-order valence-electron chi connectivity index (χ4n) is 8.18. The van der Waals surface area contributed by atoms with Gasteiger partial charge in [0.1, 0.15) is 11.1 Å². The molecule has 0 spiro atoms. The van der Waals surface area contributed by atoms with Crippen LogP contribution in [0.4, 0.5) is 0 Å². The summed E-state index contributed by atoms with van der Waals surface area (Å²) in [7, 11) is 0. The van der Waals surface area contributed by atoms with Crippen LogP contribution in [0.1, 0.15) is 30.8 Å². The first-order valence-electron chi connectivity index (χ1n) is 17.3. The van der Waals surface area contributed by atoms with Crippen LogP contribution in [0.3, 0.4) is 0 Å². The maximum atomic E-state index is 6.60.